The standard InChI is InChI=1S/C13H19N3O/c14-8-5-3-1-2-4-7-13(11-16)12-17-10-6-9-15/h13H,1-7,10,12H2. The normalized spacial score (nSPS) is 11.1. The number of nitriles is 3. The molecule has 0 saturated carbocycles. The number of ether oxygens (including phenoxy) is 1. The van der Waals surface area contributed by atoms with Crippen LogP contribution in [0.3, 0.4) is 0 Å². The third kappa shape index (κ3) is 10.7. The third-order valence-corrected chi connectivity index (χ3v) is 2.45. The second-order valence-electron chi connectivity index (χ2n) is 3.92. The zero-order valence-electron chi connectivity index (χ0n) is 10.2. The quantitative estimate of drug-likeness (QED) is 0.543. The van der Waals surface area contributed by atoms with Crippen molar-refractivity contribution in [2.45, 2.75) is 44.9 Å². The molecule has 0 aromatic rings. The van der Waals surface area contributed by atoms with Gasteiger partial charge in [-0.3, -0.25) is 0 Å². The predicted molar refractivity (Wildman–Crippen MR) is 63.5 cm³/mol. The van der Waals surface area contributed by atoms with Gasteiger partial charge in [0.25, 0.3) is 0 Å². The van der Waals surface area contributed by atoms with E-state index >= 15 is 0 Å². The molecule has 0 aromatic carbocycles. The molecule has 0 aromatic heterocycles. The van der Waals surface area contributed by atoms with Crippen LogP contribution in [0.15, 0.2) is 0 Å². The molecule has 0 aliphatic carbocycles. The first-order chi connectivity index (χ1) is 8.35. The van der Waals surface area contributed by atoms with Crippen molar-refractivity contribution in [3.05, 3.63) is 0 Å². The Balaban J connectivity index is 3.40. The summed E-state index contributed by atoms with van der Waals surface area (Å²) in [6, 6.07) is 6.34. The van der Waals surface area contributed by atoms with Crippen molar-refractivity contribution in [1.29, 1.82) is 15.8 Å². The van der Waals surface area contributed by atoms with Gasteiger partial charge in [-0.2, -0.15) is 15.8 Å². The highest BCUT2D eigenvalue weighted by atomic mass is 16.5. The zero-order valence-corrected chi connectivity index (χ0v) is 10.2. The summed E-state index contributed by atoms with van der Waals surface area (Å²) < 4.78 is 5.23. The summed E-state index contributed by atoms with van der Waals surface area (Å²) in [7, 11) is 0. The van der Waals surface area contributed by atoms with Crippen LogP contribution in [0.5, 0.6) is 0 Å². The van der Waals surface area contributed by atoms with Crippen molar-refractivity contribution in [2.75, 3.05) is 13.2 Å². The van der Waals surface area contributed by atoms with Crippen molar-refractivity contribution < 1.29 is 4.74 Å². The van der Waals surface area contributed by atoms with Gasteiger partial charge in [-0.15, -0.1) is 0 Å². The summed E-state index contributed by atoms with van der Waals surface area (Å²) >= 11 is 0. The van der Waals surface area contributed by atoms with Gasteiger partial charge in [0.15, 0.2) is 0 Å². The maximum Gasteiger partial charge on any atom is 0.0697 e. The van der Waals surface area contributed by atoms with Gasteiger partial charge < -0.3 is 4.74 Å². The van der Waals surface area contributed by atoms with Crippen molar-refractivity contribution in [3.8, 4) is 18.2 Å². The summed E-state index contributed by atoms with van der Waals surface area (Å²) in [5.74, 6) is -0.0651. The number of hydrogen-bond donors (Lipinski definition) is 0. The first kappa shape index (κ1) is 15.4. The van der Waals surface area contributed by atoms with Crippen molar-refractivity contribution in [2.24, 2.45) is 5.92 Å². The molecule has 0 aliphatic rings. The molecule has 0 bridgehead atoms. The van der Waals surface area contributed by atoms with Crippen LogP contribution in [0.2, 0.25) is 0 Å². The highest BCUT2D eigenvalue weighted by Crippen LogP contribution is 2.11. The predicted octanol–water partition coefficient (Wildman–Crippen LogP) is 2.92. The first-order valence-corrected chi connectivity index (χ1v) is 6.06. The van der Waals surface area contributed by atoms with E-state index in [0.29, 0.717) is 26.1 Å². The second-order valence-corrected chi connectivity index (χ2v) is 3.92. The molecule has 4 heteroatoms. The first-order valence-electron chi connectivity index (χ1n) is 6.06. The minimum absolute atomic E-state index is 0.0651. The lowest BCUT2D eigenvalue weighted by molar-refractivity contribution is 0.116. The van der Waals surface area contributed by atoms with E-state index in [1.54, 1.807) is 0 Å². The lowest BCUT2D eigenvalue weighted by Crippen LogP contribution is -2.08. The Bertz CT molecular complexity index is 295. The Morgan fingerprint density at radius 3 is 2.24 bits per heavy atom. The topological polar surface area (TPSA) is 80.6 Å². The average molecular weight is 233 g/mol. The smallest absolute Gasteiger partial charge is 0.0697 e. The Morgan fingerprint density at radius 1 is 0.882 bits per heavy atom. The molecule has 0 aliphatic heterocycles. The number of nitrogens with zero attached hydrogens (tertiary/aromatic N) is 3. The number of hydrogen-bond acceptors (Lipinski definition) is 4. The molecule has 1 unspecified atom stereocenters. The summed E-state index contributed by atoms with van der Waals surface area (Å²) in [4.78, 5) is 0. The Labute approximate surface area is 103 Å². The van der Waals surface area contributed by atoms with E-state index in [2.05, 4.69) is 12.1 Å². The summed E-state index contributed by atoms with van der Waals surface area (Å²) in [6.07, 6.45) is 5.93. The molecule has 0 fully saturated rings. The SMILES string of the molecule is N#CCCCCCCC(C#N)COCCC#N. The molecule has 1 atom stereocenters. The molecule has 0 amide bonds. The van der Waals surface area contributed by atoms with Crippen LogP contribution in [0.1, 0.15) is 44.9 Å². The fourth-order valence-electron chi connectivity index (χ4n) is 1.48. The largest absolute Gasteiger partial charge is 0.379 e. The lowest BCUT2D eigenvalue weighted by atomic mass is 10.0. The molecular formula is C13H19N3O. The zero-order chi connectivity index (χ0) is 12.8. The molecule has 0 rings (SSSR count). The van der Waals surface area contributed by atoms with E-state index in [4.69, 9.17) is 20.5 Å². The molecule has 0 spiro atoms. The molecule has 4 nitrogen and oxygen atoms in total. The lowest BCUT2D eigenvalue weighted by Gasteiger charge is -2.08. The fraction of sp³-hybridized carbons (Fsp3) is 0.769. The van der Waals surface area contributed by atoms with Crippen molar-refractivity contribution in [1.82, 2.24) is 0 Å². The number of unbranched alkanes of at least 4 members (excludes halogenated alkanes) is 4. The molecule has 0 N–H and O–H groups in total. The van der Waals surface area contributed by atoms with Crippen LogP contribution in [-0.4, -0.2) is 13.2 Å². The van der Waals surface area contributed by atoms with E-state index < -0.39 is 0 Å². The van der Waals surface area contributed by atoms with Gasteiger partial charge in [-0.05, 0) is 12.8 Å². The van der Waals surface area contributed by atoms with Gasteiger partial charge in [-0.1, -0.05) is 19.3 Å². The monoisotopic (exact) mass is 233 g/mol. The van der Waals surface area contributed by atoms with E-state index in [0.717, 1.165) is 32.1 Å². The van der Waals surface area contributed by atoms with Crippen LogP contribution in [0.25, 0.3) is 0 Å². The van der Waals surface area contributed by atoms with E-state index in [9.17, 15) is 0 Å². The summed E-state index contributed by atoms with van der Waals surface area (Å²) in [5.41, 5.74) is 0. The van der Waals surface area contributed by atoms with Gasteiger partial charge in [0.1, 0.15) is 0 Å². The van der Waals surface area contributed by atoms with Crippen LogP contribution < -0.4 is 0 Å². The van der Waals surface area contributed by atoms with Crippen LogP contribution >= 0.6 is 0 Å². The van der Waals surface area contributed by atoms with Gasteiger partial charge >= 0.3 is 0 Å². The van der Waals surface area contributed by atoms with E-state index in [1.807, 2.05) is 6.07 Å². The van der Waals surface area contributed by atoms with Crippen LogP contribution in [-0.2, 0) is 4.74 Å². The molecule has 92 valence electrons. The van der Waals surface area contributed by atoms with Gasteiger partial charge in [0.05, 0.1) is 43.8 Å². The highest BCUT2D eigenvalue weighted by Gasteiger charge is 2.06. The minimum atomic E-state index is -0.0651. The molecular weight excluding hydrogens is 214 g/mol. The maximum absolute atomic E-state index is 8.89. The highest BCUT2D eigenvalue weighted by molar-refractivity contribution is 4.82. The summed E-state index contributed by atoms with van der Waals surface area (Å²) in [5, 5.41) is 25.6. The van der Waals surface area contributed by atoms with Crippen LogP contribution in [0, 0.1) is 39.9 Å². The Hall–Kier alpha value is -1.57. The minimum Gasteiger partial charge on any atom is -0.379 e. The van der Waals surface area contributed by atoms with E-state index in [-0.39, 0.29) is 5.92 Å². The maximum atomic E-state index is 8.89. The average Bonchev–Trinajstić information content (AvgIpc) is 2.36. The molecule has 0 radical (unpaired) electrons. The molecule has 0 heterocycles. The Kier molecular flexibility index (Phi) is 11.3. The van der Waals surface area contributed by atoms with Gasteiger partial charge in [0, 0.05) is 6.42 Å². The fourth-order valence-corrected chi connectivity index (χ4v) is 1.48. The molecule has 0 saturated heterocycles. The third-order valence-electron chi connectivity index (χ3n) is 2.45. The van der Waals surface area contributed by atoms with Crippen LogP contribution in [0.4, 0.5) is 0 Å². The van der Waals surface area contributed by atoms with Crippen molar-refractivity contribution >= 4 is 0 Å². The molecule has 17 heavy (non-hydrogen) atoms. The summed E-state index contributed by atoms with van der Waals surface area (Å²) in [6.45, 7) is 0.841. The van der Waals surface area contributed by atoms with Gasteiger partial charge in [0.2, 0.25) is 0 Å². The van der Waals surface area contributed by atoms with E-state index in [1.165, 1.54) is 0 Å². The van der Waals surface area contributed by atoms with Gasteiger partial charge in [-0.25, -0.2) is 0 Å². The van der Waals surface area contributed by atoms with Crippen molar-refractivity contribution in [3.63, 3.8) is 0 Å². The second kappa shape index (κ2) is 12.5. The number of rotatable bonds is 10. The Morgan fingerprint density at radius 2 is 1.59 bits per heavy atom.